The van der Waals surface area contributed by atoms with Gasteiger partial charge in [-0.1, -0.05) is 17.7 Å². The van der Waals surface area contributed by atoms with Crippen LogP contribution in [0.4, 0.5) is 5.82 Å². The van der Waals surface area contributed by atoms with Gasteiger partial charge in [0.15, 0.2) is 11.0 Å². The van der Waals surface area contributed by atoms with Gasteiger partial charge in [-0.05, 0) is 43.5 Å². The molecule has 2 aromatic heterocycles. The Bertz CT molecular complexity index is 679. The average molecular weight is 346 g/mol. The number of pyridine rings is 1. The molecule has 0 aliphatic carbocycles. The van der Waals surface area contributed by atoms with Crippen LogP contribution in [0.2, 0.25) is 5.15 Å². The zero-order chi connectivity index (χ0) is 16.9. The molecule has 3 heterocycles. The fourth-order valence-electron chi connectivity index (χ4n) is 2.92. The summed E-state index contributed by atoms with van der Waals surface area (Å²) < 4.78 is 0. The molecule has 2 atom stereocenters. The molecule has 126 valence electrons. The fraction of sp³-hybridized carbons (Fsp3) is 0.412. The van der Waals surface area contributed by atoms with Gasteiger partial charge in [-0.3, -0.25) is 9.78 Å². The SMILES string of the molecule is CC(NC(=O)C1CCCN(c2ccc(Cl)nn2)C1)c1cccnc1. The lowest BCUT2D eigenvalue weighted by Crippen LogP contribution is -2.44. The van der Waals surface area contributed by atoms with Gasteiger partial charge in [-0.2, -0.15) is 0 Å². The van der Waals surface area contributed by atoms with E-state index in [9.17, 15) is 4.79 Å². The third kappa shape index (κ3) is 4.00. The molecule has 0 aromatic carbocycles. The van der Waals surface area contributed by atoms with Crippen LogP contribution in [0.5, 0.6) is 0 Å². The van der Waals surface area contributed by atoms with Gasteiger partial charge in [0, 0.05) is 25.5 Å². The summed E-state index contributed by atoms with van der Waals surface area (Å²) in [6.45, 7) is 3.49. The van der Waals surface area contributed by atoms with Gasteiger partial charge < -0.3 is 10.2 Å². The number of anilines is 1. The number of carbonyl (C=O) groups excluding carboxylic acids is 1. The summed E-state index contributed by atoms with van der Waals surface area (Å²) in [6, 6.07) is 7.34. The minimum atomic E-state index is -0.0599. The molecule has 0 spiro atoms. The van der Waals surface area contributed by atoms with E-state index in [2.05, 4.69) is 25.4 Å². The number of amides is 1. The van der Waals surface area contributed by atoms with Crippen molar-refractivity contribution in [3.63, 3.8) is 0 Å². The van der Waals surface area contributed by atoms with Crippen molar-refractivity contribution < 1.29 is 4.79 Å². The van der Waals surface area contributed by atoms with E-state index in [1.807, 2.05) is 25.1 Å². The molecule has 1 fully saturated rings. The van der Waals surface area contributed by atoms with Gasteiger partial charge in [0.25, 0.3) is 0 Å². The topological polar surface area (TPSA) is 71.0 Å². The lowest BCUT2D eigenvalue weighted by molar-refractivity contribution is -0.125. The second-order valence-corrected chi connectivity index (χ2v) is 6.40. The summed E-state index contributed by atoms with van der Waals surface area (Å²) in [4.78, 5) is 18.8. The molecule has 1 aliphatic rings. The first-order chi connectivity index (χ1) is 11.6. The maximum absolute atomic E-state index is 12.6. The minimum Gasteiger partial charge on any atom is -0.354 e. The largest absolute Gasteiger partial charge is 0.354 e. The number of carbonyl (C=O) groups is 1. The summed E-state index contributed by atoms with van der Waals surface area (Å²) >= 11 is 5.78. The monoisotopic (exact) mass is 345 g/mol. The van der Waals surface area contributed by atoms with Gasteiger partial charge in [-0.25, -0.2) is 0 Å². The highest BCUT2D eigenvalue weighted by Crippen LogP contribution is 2.23. The van der Waals surface area contributed by atoms with Crippen LogP contribution in [0.3, 0.4) is 0 Å². The number of aromatic nitrogens is 3. The molecule has 2 unspecified atom stereocenters. The smallest absolute Gasteiger partial charge is 0.225 e. The standard InChI is InChI=1S/C17H20ClN5O/c1-12(13-4-2-8-19-10-13)20-17(24)14-5-3-9-23(11-14)16-7-6-15(18)21-22-16/h2,4,6-8,10,12,14H,3,5,9,11H2,1H3,(H,20,24). The number of hydrogen-bond acceptors (Lipinski definition) is 5. The van der Waals surface area contributed by atoms with Gasteiger partial charge in [-0.15, -0.1) is 10.2 Å². The molecule has 24 heavy (non-hydrogen) atoms. The Morgan fingerprint density at radius 2 is 2.25 bits per heavy atom. The molecule has 1 amide bonds. The van der Waals surface area contributed by atoms with Crippen LogP contribution in [-0.2, 0) is 4.79 Å². The molecule has 7 heteroatoms. The highest BCUT2D eigenvalue weighted by Gasteiger charge is 2.27. The zero-order valence-electron chi connectivity index (χ0n) is 13.5. The second-order valence-electron chi connectivity index (χ2n) is 6.02. The molecule has 1 N–H and O–H groups in total. The predicted molar refractivity (Wildman–Crippen MR) is 92.8 cm³/mol. The van der Waals surface area contributed by atoms with Crippen molar-refractivity contribution in [2.75, 3.05) is 18.0 Å². The lowest BCUT2D eigenvalue weighted by Gasteiger charge is -2.33. The number of halogens is 1. The number of rotatable bonds is 4. The van der Waals surface area contributed by atoms with Crippen molar-refractivity contribution in [3.8, 4) is 0 Å². The number of nitrogens with zero attached hydrogens (tertiary/aromatic N) is 4. The maximum atomic E-state index is 12.6. The summed E-state index contributed by atoms with van der Waals surface area (Å²) in [5.74, 6) is 0.769. The Balaban J connectivity index is 1.61. The van der Waals surface area contributed by atoms with E-state index >= 15 is 0 Å². The number of piperidine rings is 1. The Morgan fingerprint density at radius 3 is 2.96 bits per heavy atom. The summed E-state index contributed by atoms with van der Waals surface area (Å²) in [5.41, 5.74) is 1.00. The number of hydrogen-bond donors (Lipinski definition) is 1. The molecular weight excluding hydrogens is 326 g/mol. The molecule has 2 aromatic rings. The van der Waals surface area contributed by atoms with Crippen molar-refractivity contribution in [1.29, 1.82) is 0 Å². The van der Waals surface area contributed by atoms with E-state index in [1.54, 1.807) is 18.5 Å². The van der Waals surface area contributed by atoms with Crippen molar-refractivity contribution in [1.82, 2.24) is 20.5 Å². The summed E-state index contributed by atoms with van der Waals surface area (Å²) in [5, 5.41) is 11.4. The molecule has 0 saturated carbocycles. The first kappa shape index (κ1) is 16.6. The van der Waals surface area contributed by atoms with Crippen molar-refractivity contribution >= 4 is 23.3 Å². The van der Waals surface area contributed by atoms with Crippen LogP contribution in [0.25, 0.3) is 0 Å². The minimum absolute atomic E-state index is 0.0584. The second kappa shape index (κ2) is 7.57. The van der Waals surface area contributed by atoms with E-state index in [4.69, 9.17) is 11.6 Å². The third-order valence-electron chi connectivity index (χ3n) is 4.28. The summed E-state index contributed by atoms with van der Waals surface area (Å²) in [6.07, 6.45) is 5.33. The van der Waals surface area contributed by atoms with Crippen LogP contribution >= 0.6 is 11.6 Å². The van der Waals surface area contributed by atoms with E-state index in [0.29, 0.717) is 11.7 Å². The highest BCUT2D eigenvalue weighted by molar-refractivity contribution is 6.29. The molecule has 1 saturated heterocycles. The van der Waals surface area contributed by atoms with Gasteiger partial charge in [0.2, 0.25) is 5.91 Å². The van der Waals surface area contributed by atoms with E-state index in [1.165, 1.54) is 0 Å². The van der Waals surface area contributed by atoms with Crippen LogP contribution in [0, 0.1) is 5.92 Å². The number of nitrogens with one attached hydrogen (secondary N) is 1. The highest BCUT2D eigenvalue weighted by atomic mass is 35.5. The normalized spacial score (nSPS) is 18.9. The Morgan fingerprint density at radius 1 is 1.38 bits per heavy atom. The fourth-order valence-corrected chi connectivity index (χ4v) is 3.02. The first-order valence-electron chi connectivity index (χ1n) is 8.08. The van der Waals surface area contributed by atoms with Crippen molar-refractivity contribution in [2.24, 2.45) is 5.92 Å². The maximum Gasteiger partial charge on any atom is 0.225 e. The third-order valence-corrected chi connectivity index (χ3v) is 4.48. The molecule has 6 nitrogen and oxygen atoms in total. The van der Waals surface area contributed by atoms with Crippen molar-refractivity contribution in [3.05, 3.63) is 47.4 Å². The Labute approximate surface area is 146 Å². The Kier molecular flexibility index (Phi) is 5.25. The Hall–Kier alpha value is -2.21. The zero-order valence-corrected chi connectivity index (χ0v) is 14.3. The van der Waals surface area contributed by atoms with E-state index in [0.717, 1.165) is 30.8 Å². The van der Waals surface area contributed by atoms with E-state index in [-0.39, 0.29) is 17.9 Å². The van der Waals surface area contributed by atoms with Crippen LogP contribution < -0.4 is 10.2 Å². The molecular formula is C17H20ClN5O. The predicted octanol–water partition coefficient (Wildman–Crippen LogP) is 2.62. The molecule has 0 bridgehead atoms. The van der Waals surface area contributed by atoms with Gasteiger partial charge >= 0.3 is 0 Å². The quantitative estimate of drug-likeness (QED) is 0.922. The van der Waals surface area contributed by atoms with Crippen LogP contribution in [0.1, 0.15) is 31.4 Å². The van der Waals surface area contributed by atoms with Crippen molar-refractivity contribution in [2.45, 2.75) is 25.8 Å². The first-order valence-corrected chi connectivity index (χ1v) is 8.46. The molecule has 1 aliphatic heterocycles. The van der Waals surface area contributed by atoms with Gasteiger partial charge in [0.05, 0.1) is 12.0 Å². The molecule has 3 rings (SSSR count). The lowest BCUT2D eigenvalue weighted by atomic mass is 9.96. The summed E-state index contributed by atoms with van der Waals surface area (Å²) in [7, 11) is 0. The molecule has 0 radical (unpaired) electrons. The van der Waals surface area contributed by atoms with Crippen LogP contribution in [-0.4, -0.2) is 34.2 Å². The average Bonchev–Trinajstić information content (AvgIpc) is 2.63. The van der Waals surface area contributed by atoms with Crippen LogP contribution in [0.15, 0.2) is 36.7 Å². The van der Waals surface area contributed by atoms with E-state index < -0.39 is 0 Å². The van der Waals surface area contributed by atoms with Gasteiger partial charge in [0.1, 0.15) is 0 Å².